The zero-order valence-corrected chi connectivity index (χ0v) is 14.8. The molecule has 0 fully saturated rings. The summed E-state index contributed by atoms with van der Waals surface area (Å²) in [5.74, 6) is -2.04. The van der Waals surface area contributed by atoms with E-state index in [1.165, 1.54) is 44.9 Å². The summed E-state index contributed by atoms with van der Waals surface area (Å²) in [7, 11) is 0. The Balaban J connectivity index is 3.69. The first-order chi connectivity index (χ1) is 11.5. The Morgan fingerprint density at radius 3 is 1.88 bits per heavy atom. The number of unbranched alkanes of at least 4 members (excludes halogenated alkanes) is 9. The number of ether oxygens (including phenoxy) is 1. The second-order valence-corrected chi connectivity index (χ2v) is 5.87. The minimum Gasteiger partial charge on any atom is -0.480 e. The molecule has 0 aromatic carbocycles. The summed E-state index contributed by atoms with van der Waals surface area (Å²) in [6, 6.07) is 0. The van der Waals surface area contributed by atoms with Crippen molar-refractivity contribution in [1.29, 1.82) is 0 Å². The van der Waals surface area contributed by atoms with Crippen molar-refractivity contribution in [3.8, 4) is 0 Å². The summed E-state index contributed by atoms with van der Waals surface area (Å²) >= 11 is 0. The number of nitrogens with zero attached hydrogens (tertiary/aromatic N) is 1. The zero-order valence-electron chi connectivity index (χ0n) is 14.8. The maximum absolute atomic E-state index is 11.7. The second-order valence-electron chi connectivity index (χ2n) is 5.87. The highest BCUT2D eigenvalue weighted by Gasteiger charge is 2.24. The zero-order chi connectivity index (χ0) is 18.2. The monoisotopic (exact) mass is 344 g/mol. The van der Waals surface area contributed by atoms with Crippen LogP contribution in [0.4, 0.5) is 4.79 Å². The van der Waals surface area contributed by atoms with Gasteiger partial charge in [0.25, 0.3) is 0 Å². The van der Waals surface area contributed by atoms with Crippen molar-refractivity contribution < 1.29 is 24.2 Å². The smallest absolute Gasteiger partial charge is 0.417 e. The number of hydrogen-bond acceptors (Lipinski definition) is 5. The van der Waals surface area contributed by atoms with E-state index < -0.39 is 31.1 Å². The van der Waals surface area contributed by atoms with Crippen molar-refractivity contribution in [3.05, 3.63) is 0 Å². The maximum Gasteiger partial charge on any atom is 0.417 e. The average Bonchev–Trinajstić information content (AvgIpc) is 2.56. The molecular formula is C17H32N2O5. The fourth-order valence-corrected chi connectivity index (χ4v) is 2.33. The van der Waals surface area contributed by atoms with Gasteiger partial charge in [-0.05, 0) is 6.42 Å². The van der Waals surface area contributed by atoms with Gasteiger partial charge in [-0.25, -0.2) is 9.69 Å². The molecule has 3 N–H and O–H groups in total. The molecule has 24 heavy (non-hydrogen) atoms. The highest BCUT2D eigenvalue weighted by Crippen LogP contribution is 2.10. The first kappa shape index (κ1) is 22.4. The van der Waals surface area contributed by atoms with Gasteiger partial charge in [-0.3, -0.25) is 9.59 Å². The van der Waals surface area contributed by atoms with Crippen LogP contribution in [0.15, 0.2) is 0 Å². The molecular weight excluding hydrogens is 312 g/mol. The van der Waals surface area contributed by atoms with E-state index in [-0.39, 0.29) is 6.61 Å². The topological polar surface area (TPSA) is 110 Å². The van der Waals surface area contributed by atoms with Crippen LogP contribution in [0.25, 0.3) is 0 Å². The van der Waals surface area contributed by atoms with Crippen LogP contribution in [0.3, 0.4) is 0 Å². The van der Waals surface area contributed by atoms with E-state index in [9.17, 15) is 14.4 Å². The Kier molecular flexibility index (Phi) is 13.9. The molecule has 0 aliphatic rings. The number of rotatable bonds is 14. The van der Waals surface area contributed by atoms with E-state index in [0.29, 0.717) is 11.3 Å². The van der Waals surface area contributed by atoms with Crippen LogP contribution in [0, 0.1) is 0 Å². The lowest BCUT2D eigenvalue weighted by Crippen LogP contribution is -2.44. The first-order valence-corrected chi connectivity index (χ1v) is 8.91. The number of carboxylic acid groups (broad SMARTS) is 1. The van der Waals surface area contributed by atoms with Crippen molar-refractivity contribution in [2.45, 2.75) is 71.1 Å². The van der Waals surface area contributed by atoms with Gasteiger partial charge in [0.05, 0.1) is 13.2 Å². The molecule has 0 atom stereocenters. The van der Waals surface area contributed by atoms with Crippen molar-refractivity contribution in [2.24, 2.45) is 5.73 Å². The van der Waals surface area contributed by atoms with Gasteiger partial charge in [-0.1, -0.05) is 64.7 Å². The number of carboxylic acids is 1. The molecule has 140 valence electrons. The Hall–Kier alpha value is -1.63. The summed E-state index contributed by atoms with van der Waals surface area (Å²) < 4.78 is 4.95. The summed E-state index contributed by atoms with van der Waals surface area (Å²) in [5, 5.41) is 8.69. The summed E-state index contributed by atoms with van der Waals surface area (Å²) in [6.07, 6.45) is 10.7. The number of carbonyl (C=O) groups is 3. The summed E-state index contributed by atoms with van der Waals surface area (Å²) in [6.45, 7) is 1.23. The second kappa shape index (κ2) is 14.9. The van der Waals surface area contributed by atoms with E-state index >= 15 is 0 Å². The quantitative estimate of drug-likeness (QED) is 0.469. The SMILES string of the molecule is CCCCCCCCCCCCOC(=O)N(CC(=O)O)C(=O)CN. The number of hydrogen-bond donors (Lipinski definition) is 2. The van der Waals surface area contributed by atoms with E-state index in [2.05, 4.69) is 6.92 Å². The molecule has 0 aromatic heterocycles. The fraction of sp³-hybridized carbons (Fsp3) is 0.824. The predicted molar refractivity (Wildman–Crippen MR) is 91.6 cm³/mol. The van der Waals surface area contributed by atoms with Crippen molar-refractivity contribution in [3.63, 3.8) is 0 Å². The minimum absolute atomic E-state index is 0.184. The van der Waals surface area contributed by atoms with Crippen LogP contribution in [-0.2, 0) is 14.3 Å². The van der Waals surface area contributed by atoms with E-state index in [1.807, 2.05) is 0 Å². The highest BCUT2D eigenvalue weighted by molar-refractivity contribution is 5.95. The Labute approximate surface area is 144 Å². The van der Waals surface area contributed by atoms with Crippen LogP contribution in [0.2, 0.25) is 0 Å². The molecule has 0 aliphatic heterocycles. The molecule has 0 rings (SSSR count). The number of imide groups is 1. The third-order valence-electron chi connectivity index (χ3n) is 3.71. The Morgan fingerprint density at radius 2 is 1.42 bits per heavy atom. The lowest BCUT2D eigenvalue weighted by Gasteiger charge is -2.17. The number of carbonyl (C=O) groups excluding carboxylic acids is 2. The number of amides is 2. The molecule has 0 aliphatic carbocycles. The maximum atomic E-state index is 11.7. The van der Waals surface area contributed by atoms with E-state index in [1.54, 1.807) is 0 Å². The molecule has 0 spiro atoms. The third kappa shape index (κ3) is 11.9. The van der Waals surface area contributed by atoms with Crippen molar-refractivity contribution in [2.75, 3.05) is 19.7 Å². The molecule has 0 saturated carbocycles. The van der Waals surface area contributed by atoms with Crippen LogP contribution < -0.4 is 5.73 Å². The molecule has 0 aromatic rings. The van der Waals surface area contributed by atoms with E-state index in [4.69, 9.17) is 15.6 Å². The predicted octanol–water partition coefficient (Wildman–Crippen LogP) is 2.92. The molecule has 0 radical (unpaired) electrons. The Morgan fingerprint density at radius 1 is 0.917 bits per heavy atom. The number of nitrogens with two attached hydrogens (primary N) is 1. The molecule has 0 bridgehead atoms. The lowest BCUT2D eigenvalue weighted by atomic mass is 10.1. The van der Waals surface area contributed by atoms with Crippen LogP contribution in [0.1, 0.15) is 71.1 Å². The molecule has 7 nitrogen and oxygen atoms in total. The van der Waals surface area contributed by atoms with Gasteiger partial charge in [-0.2, -0.15) is 0 Å². The van der Waals surface area contributed by atoms with Gasteiger partial charge >= 0.3 is 12.1 Å². The molecule has 7 heteroatoms. The highest BCUT2D eigenvalue weighted by atomic mass is 16.6. The van der Waals surface area contributed by atoms with Crippen molar-refractivity contribution >= 4 is 18.0 Å². The van der Waals surface area contributed by atoms with Gasteiger partial charge in [-0.15, -0.1) is 0 Å². The van der Waals surface area contributed by atoms with Gasteiger partial charge in [0.2, 0.25) is 5.91 Å². The number of aliphatic carboxylic acids is 1. The Bertz CT molecular complexity index is 374. The minimum atomic E-state index is -1.28. The fourth-order valence-electron chi connectivity index (χ4n) is 2.33. The molecule has 0 saturated heterocycles. The summed E-state index contributed by atoms with van der Waals surface area (Å²) in [5.41, 5.74) is 5.16. The van der Waals surface area contributed by atoms with E-state index in [0.717, 1.165) is 12.8 Å². The standard InChI is InChI=1S/C17H32N2O5/c1-2-3-4-5-6-7-8-9-10-11-12-24-17(23)19(14-16(21)22)15(20)13-18/h2-14,18H2,1H3,(H,21,22). The summed E-state index contributed by atoms with van der Waals surface area (Å²) in [4.78, 5) is 34.3. The van der Waals surface area contributed by atoms with Crippen LogP contribution in [-0.4, -0.2) is 47.7 Å². The average molecular weight is 344 g/mol. The largest absolute Gasteiger partial charge is 0.480 e. The van der Waals surface area contributed by atoms with Gasteiger partial charge in [0, 0.05) is 0 Å². The molecule has 0 heterocycles. The normalized spacial score (nSPS) is 10.4. The van der Waals surface area contributed by atoms with Gasteiger partial charge in [0.15, 0.2) is 0 Å². The first-order valence-electron chi connectivity index (χ1n) is 8.91. The van der Waals surface area contributed by atoms with Crippen LogP contribution in [0.5, 0.6) is 0 Å². The molecule has 0 unspecified atom stereocenters. The third-order valence-corrected chi connectivity index (χ3v) is 3.71. The van der Waals surface area contributed by atoms with Crippen molar-refractivity contribution in [1.82, 2.24) is 4.90 Å². The molecule has 2 amide bonds. The lowest BCUT2D eigenvalue weighted by molar-refractivity contribution is -0.142. The van der Waals surface area contributed by atoms with Gasteiger partial charge < -0.3 is 15.6 Å². The van der Waals surface area contributed by atoms with Crippen LogP contribution >= 0.6 is 0 Å². The van der Waals surface area contributed by atoms with Gasteiger partial charge in [0.1, 0.15) is 6.54 Å².